The first-order chi connectivity index (χ1) is 9.06. The van der Waals surface area contributed by atoms with Crippen molar-refractivity contribution in [2.24, 2.45) is 0 Å². The lowest BCUT2D eigenvalue weighted by molar-refractivity contribution is -0.140. The van der Waals surface area contributed by atoms with Crippen LogP contribution in [-0.4, -0.2) is 22.2 Å². The summed E-state index contributed by atoms with van der Waals surface area (Å²) in [7, 11) is 1.34. The number of hydrogen-bond donors (Lipinski definition) is 0. The van der Waals surface area contributed by atoms with Crippen molar-refractivity contribution in [1.29, 1.82) is 0 Å². The number of allylic oxidation sites excluding steroid dienone is 1. The first-order valence-corrected chi connectivity index (χ1v) is 5.99. The molecule has 19 heavy (non-hydrogen) atoms. The number of nitrogens with zero attached hydrogens (tertiary/aromatic N) is 2. The molecule has 0 unspecified atom stereocenters. The highest BCUT2D eigenvalue weighted by atomic mass is 16.5. The summed E-state index contributed by atoms with van der Waals surface area (Å²) in [6, 6.07) is 7.44. The highest BCUT2D eigenvalue weighted by Gasteiger charge is 2.13. The van der Waals surface area contributed by atoms with E-state index in [2.05, 4.69) is 11.3 Å². The smallest absolute Gasteiger partial charge is 0.333 e. The molecule has 2 rings (SSSR count). The largest absolute Gasteiger partial charge is 0.469 e. The van der Waals surface area contributed by atoms with Gasteiger partial charge in [-0.25, -0.2) is 4.79 Å². The molecule has 0 aliphatic rings. The molecular formula is C14H16N2O3. The minimum atomic E-state index is -0.334. The average Bonchev–Trinajstić information content (AvgIpc) is 2.68. The summed E-state index contributed by atoms with van der Waals surface area (Å²) in [4.78, 5) is 23.6. The van der Waals surface area contributed by atoms with E-state index in [-0.39, 0.29) is 18.1 Å². The van der Waals surface area contributed by atoms with E-state index >= 15 is 0 Å². The van der Waals surface area contributed by atoms with Crippen molar-refractivity contribution in [1.82, 2.24) is 9.13 Å². The molecule has 1 heterocycles. The number of fused-ring (bicyclic) bond motifs is 1. The Morgan fingerprint density at radius 1 is 1.32 bits per heavy atom. The molecule has 0 amide bonds. The third-order valence-corrected chi connectivity index (χ3v) is 2.98. The minimum absolute atomic E-state index is 0.167. The maximum atomic E-state index is 12.3. The van der Waals surface area contributed by atoms with Crippen LogP contribution in [0.4, 0.5) is 0 Å². The maximum absolute atomic E-state index is 12.3. The molecule has 0 aliphatic heterocycles. The standard InChI is InChI=1S/C14H16N2O3/c1-10(2)16-12-7-5-4-6-11(12)15(14(16)18)9-8-13(17)19-3/h4-7H,1,8-9H2,2-3H3. The third kappa shape index (κ3) is 2.31. The quantitative estimate of drug-likeness (QED) is 0.788. The maximum Gasteiger partial charge on any atom is 0.333 e. The van der Waals surface area contributed by atoms with Gasteiger partial charge in [0.1, 0.15) is 0 Å². The highest BCUT2D eigenvalue weighted by Crippen LogP contribution is 2.15. The molecule has 0 radical (unpaired) electrons. The van der Waals surface area contributed by atoms with Crippen molar-refractivity contribution in [2.75, 3.05) is 7.11 Å². The summed E-state index contributed by atoms with van der Waals surface area (Å²) in [5, 5.41) is 0. The Balaban J connectivity index is 2.55. The highest BCUT2D eigenvalue weighted by molar-refractivity contribution is 5.79. The van der Waals surface area contributed by atoms with Crippen LogP contribution < -0.4 is 5.69 Å². The number of para-hydroxylation sites is 2. The second-order valence-corrected chi connectivity index (χ2v) is 4.32. The van der Waals surface area contributed by atoms with Gasteiger partial charge in [-0.3, -0.25) is 13.9 Å². The Morgan fingerprint density at radius 3 is 2.53 bits per heavy atom. The van der Waals surface area contributed by atoms with Crippen LogP contribution in [0.1, 0.15) is 13.3 Å². The van der Waals surface area contributed by atoms with Gasteiger partial charge in [-0.1, -0.05) is 18.7 Å². The number of hydrogen-bond acceptors (Lipinski definition) is 3. The van der Waals surface area contributed by atoms with Gasteiger partial charge in [0.15, 0.2) is 0 Å². The summed E-state index contributed by atoms with van der Waals surface area (Å²) in [5.41, 5.74) is 2.06. The number of ether oxygens (including phenoxy) is 1. The molecule has 1 aromatic heterocycles. The zero-order valence-corrected chi connectivity index (χ0v) is 11.0. The molecule has 0 saturated carbocycles. The van der Waals surface area contributed by atoms with Gasteiger partial charge in [-0.05, 0) is 19.1 Å². The normalized spacial score (nSPS) is 10.6. The van der Waals surface area contributed by atoms with E-state index in [1.165, 1.54) is 7.11 Å². The second-order valence-electron chi connectivity index (χ2n) is 4.32. The van der Waals surface area contributed by atoms with E-state index in [0.717, 1.165) is 11.0 Å². The lowest BCUT2D eigenvalue weighted by Gasteiger charge is -2.01. The van der Waals surface area contributed by atoms with Crippen molar-refractivity contribution < 1.29 is 9.53 Å². The van der Waals surface area contributed by atoms with Crippen LogP contribution >= 0.6 is 0 Å². The molecule has 0 bridgehead atoms. The number of carbonyl (C=O) groups is 1. The van der Waals surface area contributed by atoms with Gasteiger partial charge in [-0.15, -0.1) is 0 Å². The number of esters is 1. The fourth-order valence-corrected chi connectivity index (χ4v) is 2.10. The monoisotopic (exact) mass is 260 g/mol. The molecule has 100 valence electrons. The molecule has 5 heteroatoms. The summed E-state index contributed by atoms with van der Waals surface area (Å²) >= 11 is 0. The van der Waals surface area contributed by atoms with Crippen LogP contribution in [0.15, 0.2) is 35.6 Å². The Morgan fingerprint density at radius 2 is 1.95 bits per heavy atom. The van der Waals surface area contributed by atoms with Crippen LogP contribution in [-0.2, 0) is 16.1 Å². The van der Waals surface area contributed by atoms with Crippen LogP contribution in [0.25, 0.3) is 16.7 Å². The van der Waals surface area contributed by atoms with Crippen LogP contribution in [0.3, 0.4) is 0 Å². The van der Waals surface area contributed by atoms with E-state index in [9.17, 15) is 9.59 Å². The summed E-state index contributed by atoms with van der Waals surface area (Å²) in [6.45, 7) is 5.89. The van der Waals surface area contributed by atoms with Crippen molar-refractivity contribution in [2.45, 2.75) is 19.9 Å². The summed E-state index contributed by atoms with van der Waals surface area (Å²) in [6.07, 6.45) is 0.167. The van der Waals surface area contributed by atoms with Gasteiger partial charge >= 0.3 is 11.7 Å². The number of methoxy groups -OCH3 is 1. The second kappa shape index (κ2) is 5.14. The van der Waals surface area contributed by atoms with E-state index < -0.39 is 0 Å². The first-order valence-electron chi connectivity index (χ1n) is 5.99. The molecular weight excluding hydrogens is 244 g/mol. The zero-order chi connectivity index (χ0) is 14.0. The number of rotatable bonds is 4. The Kier molecular flexibility index (Phi) is 3.55. The van der Waals surface area contributed by atoms with E-state index in [4.69, 9.17) is 0 Å². The van der Waals surface area contributed by atoms with Gasteiger partial charge in [0.2, 0.25) is 0 Å². The van der Waals surface area contributed by atoms with Crippen molar-refractivity contribution >= 4 is 22.7 Å². The molecule has 0 spiro atoms. The summed E-state index contributed by atoms with van der Waals surface area (Å²) in [5.74, 6) is -0.334. The van der Waals surface area contributed by atoms with E-state index in [1.54, 1.807) is 16.1 Å². The van der Waals surface area contributed by atoms with Gasteiger partial charge in [0.25, 0.3) is 0 Å². The van der Waals surface area contributed by atoms with Crippen LogP contribution in [0, 0.1) is 0 Å². The number of benzene rings is 1. The van der Waals surface area contributed by atoms with Crippen molar-refractivity contribution in [3.05, 3.63) is 41.3 Å². The molecule has 5 nitrogen and oxygen atoms in total. The SMILES string of the molecule is C=C(C)n1c(=O)n(CCC(=O)OC)c2ccccc21. The summed E-state index contributed by atoms with van der Waals surface area (Å²) < 4.78 is 7.72. The minimum Gasteiger partial charge on any atom is -0.469 e. The lowest BCUT2D eigenvalue weighted by Crippen LogP contribution is -2.24. The molecule has 0 aliphatic carbocycles. The molecule has 0 fully saturated rings. The Bertz CT molecular complexity index is 694. The zero-order valence-electron chi connectivity index (χ0n) is 11.0. The molecule has 1 aromatic carbocycles. The Hall–Kier alpha value is -2.30. The number of carbonyl (C=O) groups excluding carboxylic acids is 1. The Labute approximate surface area is 110 Å². The topological polar surface area (TPSA) is 53.2 Å². The predicted octanol–water partition coefficient (Wildman–Crippen LogP) is 1.86. The first kappa shape index (κ1) is 13.1. The van der Waals surface area contributed by atoms with Crippen LogP contribution in [0.2, 0.25) is 0 Å². The van der Waals surface area contributed by atoms with Gasteiger partial charge in [-0.2, -0.15) is 0 Å². The lowest BCUT2D eigenvalue weighted by atomic mass is 10.3. The van der Waals surface area contributed by atoms with Crippen molar-refractivity contribution in [3.8, 4) is 0 Å². The number of aryl methyl sites for hydroxylation is 1. The average molecular weight is 260 g/mol. The number of imidazole rings is 1. The van der Waals surface area contributed by atoms with E-state index in [0.29, 0.717) is 12.2 Å². The molecule has 0 atom stereocenters. The van der Waals surface area contributed by atoms with Crippen molar-refractivity contribution in [3.63, 3.8) is 0 Å². The fourth-order valence-electron chi connectivity index (χ4n) is 2.10. The van der Waals surface area contributed by atoms with Crippen LogP contribution in [0.5, 0.6) is 0 Å². The fraction of sp³-hybridized carbons (Fsp3) is 0.286. The third-order valence-electron chi connectivity index (χ3n) is 2.98. The molecule has 0 saturated heterocycles. The van der Waals surface area contributed by atoms with Gasteiger partial charge in [0.05, 0.1) is 24.6 Å². The number of aromatic nitrogens is 2. The molecule has 2 aromatic rings. The van der Waals surface area contributed by atoms with Gasteiger partial charge in [0, 0.05) is 12.2 Å². The van der Waals surface area contributed by atoms with E-state index in [1.807, 2.05) is 24.3 Å². The van der Waals surface area contributed by atoms with Gasteiger partial charge < -0.3 is 4.74 Å². The predicted molar refractivity (Wildman–Crippen MR) is 73.8 cm³/mol. The molecule has 0 N–H and O–H groups in total.